The van der Waals surface area contributed by atoms with Crippen LogP contribution in [0.1, 0.15) is 38.2 Å². The summed E-state index contributed by atoms with van der Waals surface area (Å²) >= 11 is 6.14. The SMILES string of the molecule is CC1=N[C@@]2(CC[C@@H]3CN(Cc4cccc(Cl)c4)C[C@@H]32)C(=O)N1CC1CC1. The average molecular weight is 372 g/mol. The highest BCUT2D eigenvalue weighted by atomic mass is 35.5. The third-order valence-electron chi connectivity index (χ3n) is 6.83. The highest BCUT2D eigenvalue weighted by Gasteiger charge is 2.60. The number of rotatable bonds is 4. The monoisotopic (exact) mass is 371 g/mol. The Labute approximate surface area is 160 Å². The fourth-order valence-electron chi connectivity index (χ4n) is 5.36. The Hall–Kier alpha value is -1.39. The number of aliphatic imine (C=N–C) groups is 1. The topological polar surface area (TPSA) is 35.9 Å². The van der Waals surface area contributed by atoms with Gasteiger partial charge in [0.2, 0.25) is 0 Å². The molecule has 1 aromatic carbocycles. The van der Waals surface area contributed by atoms with E-state index < -0.39 is 5.54 Å². The molecule has 26 heavy (non-hydrogen) atoms. The highest BCUT2D eigenvalue weighted by molar-refractivity contribution is 6.30. The quantitative estimate of drug-likeness (QED) is 0.810. The molecule has 0 aromatic heterocycles. The molecule has 2 aliphatic carbocycles. The van der Waals surface area contributed by atoms with Crippen molar-refractivity contribution in [2.45, 2.75) is 44.7 Å². The van der Waals surface area contributed by atoms with Gasteiger partial charge in [-0.25, -0.2) is 0 Å². The van der Waals surface area contributed by atoms with Crippen LogP contribution in [0.4, 0.5) is 0 Å². The van der Waals surface area contributed by atoms with Crippen molar-refractivity contribution in [2.75, 3.05) is 19.6 Å². The van der Waals surface area contributed by atoms with Crippen molar-refractivity contribution in [1.29, 1.82) is 0 Å². The van der Waals surface area contributed by atoms with E-state index in [0.29, 0.717) is 23.7 Å². The summed E-state index contributed by atoms with van der Waals surface area (Å²) in [5.41, 5.74) is 0.784. The zero-order chi connectivity index (χ0) is 17.9. The van der Waals surface area contributed by atoms with Crippen molar-refractivity contribution >= 4 is 23.3 Å². The number of halogens is 1. The lowest BCUT2D eigenvalue weighted by Gasteiger charge is -2.28. The van der Waals surface area contributed by atoms with Gasteiger partial charge in [0, 0.05) is 37.1 Å². The van der Waals surface area contributed by atoms with Crippen molar-refractivity contribution in [3.63, 3.8) is 0 Å². The normalized spacial score (nSPS) is 34.0. The first-order chi connectivity index (χ1) is 12.5. The van der Waals surface area contributed by atoms with Crippen LogP contribution in [-0.4, -0.2) is 46.7 Å². The molecule has 2 heterocycles. The number of likely N-dealkylation sites (tertiary alicyclic amines) is 1. The van der Waals surface area contributed by atoms with Crippen LogP contribution < -0.4 is 0 Å². The second-order valence-electron chi connectivity index (χ2n) is 8.67. The van der Waals surface area contributed by atoms with Crippen molar-refractivity contribution in [2.24, 2.45) is 22.7 Å². The average Bonchev–Trinajstić information content (AvgIpc) is 3.17. The smallest absolute Gasteiger partial charge is 0.256 e. The number of amidine groups is 1. The predicted molar refractivity (Wildman–Crippen MR) is 103 cm³/mol. The van der Waals surface area contributed by atoms with Crippen LogP contribution >= 0.6 is 11.6 Å². The summed E-state index contributed by atoms with van der Waals surface area (Å²) in [7, 11) is 0. The first-order valence-electron chi connectivity index (χ1n) is 9.90. The Balaban J connectivity index is 1.33. The number of hydrogen-bond acceptors (Lipinski definition) is 3. The molecule has 1 spiro atoms. The van der Waals surface area contributed by atoms with Crippen molar-refractivity contribution in [3.8, 4) is 0 Å². The Bertz CT molecular complexity index is 774. The van der Waals surface area contributed by atoms with E-state index in [-0.39, 0.29) is 0 Å². The maximum absolute atomic E-state index is 13.3. The van der Waals surface area contributed by atoms with Crippen LogP contribution in [0.2, 0.25) is 5.02 Å². The molecule has 3 fully saturated rings. The number of carbonyl (C=O) groups is 1. The van der Waals surface area contributed by atoms with Gasteiger partial charge < -0.3 is 0 Å². The maximum atomic E-state index is 13.3. The zero-order valence-corrected chi connectivity index (χ0v) is 16.1. The standard InChI is InChI=1S/C21H26ClN3O/c1-14-23-21(20(26)25(14)11-15-5-6-15)8-7-17-12-24(13-19(17)21)10-16-3-2-4-18(22)9-16/h2-4,9,15,17,19H,5-8,10-13H2,1H3/t17-,19+,21-/m1/s1. The van der Waals surface area contributed by atoms with Crippen molar-refractivity contribution in [3.05, 3.63) is 34.9 Å². The molecule has 1 aromatic rings. The fraction of sp³-hybridized carbons (Fsp3) is 0.619. The number of carbonyl (C=O) groups excluding carboxylic acids is 1. The van der Waals surface area contributed by atoms with E-state index in [0.717, 1.165) is 49.9 Å². The van der Waals surface area contributed by atoms with Gasteiger partial charge in [-0.15, -0.1) is 0 Å². The second-order valence-corrected chi connectivity index (χ2v) is 9.11. The largest absolute Gasteiger partial charge is 0.298 e. The van der Waals surface area contributed by atoms with Gasteiger partial charge in [-0.1, -0.05) is 23.7 Å². The van der Waals surface area contributed by atoms with Gasteiger partial charge >= 0.3 is 0 Å². The minimum Gasteiger partial charge on any atom is -0.298 e. The van der Waals surface area contributed by atoms with Crippen LogP contribution in [0, 0.1) is 17.8 Å². The lowest BCUT2D eigenvalue weighted by atomic mass is 9.85. The molecule has 0 bridgehead atoms. The third-order valence-corrected chi connectivity index (χ3v) is 7.06. The van der Waals surface area contributed by atoms with Crippen LogP contribution in [0.25, 0.3) is 0 Å². The van der Waals surface area contributed by atoms with E-state index in [4.69, 9.17) is 16.6 Å². The molecule has 0 unspecified atom stereocenters. The maximum Gasteiger partial charge on any atom is 0.256 e. The lowest BCUT2D eigenvalue weighted by Crippen LogP contribution is -2.47. The minimum atomic E-state index is -0.466. The van der Waals surface area contributed by atoms with Gasteiger partial charge in [0.05, 0.1) is 0 Å². The Kier molecular flexibility index (Phi) is 3.91. The van der Waals surface area contributed by atoms with Crippen molar-refractivity contribution < 1.29 is 4.79 Å². The lowest BCUT2D eigenvalue weighted by molar-refractivity contribution is -0.132. The molecule has 4 nitrogen and oxygen atoms in total. The highest BCUT2D eigenvalue weighted by Crippen LogP contribution is 2.50. The van der Waals surface area contributed by atoms with E-state index in [2.05, 4.69) is 11.0 Å². The van der Waals surface area contributed by atoms with Gasteiger partial charge in [0.15, 0.2) is 0 Å². The van der Waals surface area contributed by atoms with Crippen LogP contribution in [-0.2, 0) is 11.3 Å². The molecule has 3 atom stereocenters. The van der Waals surface area contributed by atoms with E-state index >= 15 is 0 Å². The molecule has 0 N–H and O–H groups in total. The number of hydrogen-bond donors (Lipinski definition) is 0. The van der Waals surface area contributed by atoms with E-state index in [9.17, 15) is 4.79 Å². The molecular weight excluding hydrogens is 346 g/mol. The molecule has 5 rings (SSSR count). The van der Waals surface area contributed by atoms with Crippen LogP contribution in [0.15, 0.2) is 29.3 Å². The molecule has 4 aliphatic rings. The minimum absolute atomic E-state index is 0.291. The number of fused-ring (bicyclic) bond motifs is 2. The fourth-order valence-corrected chi connectivity index (χ4v) is 5.58. The number of nitrogens with zero attached hydrogens (tertiary/aromatic N) is 3. The third kappa shape index (κ3) is 2.69. The Morgan fingerprint density at radius 2 is 2.12 bits per heavy atom. The zero-order valence-electron chi connectivity index (χ0n) is 15.3. The summed E-state index contributed by atoms with van der Waals surface area (Å²) in [6, 6.07) is 8.11. The summed E-state index contributed by atoms with van der Waals surface area (Å²) in [6.07, 6.45) is 4.59. The van der Waals surface area contributed by atoms with Gasteiger partial charge in [-0.2, -0.15) is 0 Å². The number of benzene rings is 1. The summed E-state index contributed by atoms with van der Waals surface area (Å²) in [5.74, 6) is 2.91. The molecule has 2 saturated carbocycles. The molecule has 138 valence electrons. The van der Waals surface area contributed by atoms with Crippen molar-refractivity contribution in [1.82, 2.24) is 9.80 Å². The van der Waals surface area contributed by atoms with Crippen LogP contribution in [0.3, 0.4) is 0 Å². The molecule has 0 radical (unpaired) electrons. The molecular formula is C21H26ClN3O. The summed E-state index contributed by atoms with van der Waals surface area (Å²) < 4.78 is 0. The summed E-state index contributed by atoms with van der Waals surface area (Å²) in [5, 5.41) is 0.792. The molecule has 5 heteroatoms. The summed E-state index contributed by atoms with van der Waals surface area (Å²) in [6.45, 7) is 5.87. The van der Waals surface area contributed by atoms with Crippen LogP contribution in [0.5, 0.6) is 0 Å². The predicted octanol–water partition coefficient (Wildman–Crippen LogP) is 3.59. The Morgan fingerprint density at radius 3 is 2.88 bits per heavy atom. The Morgan fingerprint density at radius 1 is 1.27 bits per heavy atom. The first-order valence-corrected chi connectivity index (χ1v) is 10.3. The van der Waals surface area contributed by atoms with Gasteiger partial charge in [0.25, 0.3) is 5.91 Å². The van der Waals surface area contributed by atoms with Gasteiger partial charge in [0.1, 0.15) is 11.4 Å². The summed E-state index contributed by atoms with van der Waals surface area (Å²) in [4.78, 5) is 22.8. The number of amides is 1. The van der Waals surface area contributed by atoms with E-state index in [1.54, 1.807) is 0 Å². The second kappa shape index (κ2) is 6.07. The molecule has 1 saturated heterocycles. The first kappa shape index (κ1) is 16.8. The van der Waals surface area contributed by atoms with Gasteiger partial charge in [-0.3, -0.25) is 19.6 Å². The molecule has 2 aliphatic heterocycles. The van der Waals surface area contributed by atoms with Gasteiger partial charge in [-0.05, 0) is 62.1 Å². The molecule has 1 amide bonds. The van der Waals surface area contributed by atoms with E-state index in [1.165, 1.54) is 18.4 Å². The van der Waals surface area contributed by atoms with E-state index in [1.807, 2.05) is 30.0 Å².